The van der Waals surface area contributed by atoms with Crippen LogP contribution in [0.15, 0.2) is 42.6 Å². The van der Waals surface area contributed by atoms with Gasteiger partial charge >= 0.3 is 6.18 Å². The fourth-order valence-corrected chi connectivity index (χ4v) is 2.39. The third-order valence-electron chi connectivity index (χ3n) is 3.82. The van der Waals surface area contributed by atoms with E-state index < -0.39 is 17.9 Å². The predicted molar refractivity (Wildman–Crippen MR) is 94.7 cm³/mol. The number of halogens is 3. The highest BCUT2D eigenvalue weighted by Gasteiger charge is 2.32. The molecule has 2 rings (SSSR count). The molecule has 146 valence electrons. The molecule has 1 unspecified atom stereocenters. The number of hydrogen-bond acceptors (Lipinski definition) is 4. The summed E-state index contributed by atoms with van der Waals surface area (Å²) in [5.41, 5.74) is 5.96. The third-order valence-corrected chi connectivity index (χ3v) is 3.82. The van der Waals surface area contributed by atoms with E-state index in [9.17, 15) is 18.0 Å². The lowest BCUT2D eigenvalue weighted by atomic mass is 10.1. The summed E-state index contributed by atoms with van der Waals surface area (Å²) < 4.78 is 43.6. The lowest BCUT2D eigenvalue weighted by Crippen LogP contribution is -2.40. The van der Waals surface area contributed by atoms with E-state index in [2.05, 4.69) is 10.3 Å². The minimum atomic E-state index is -4.49. The highest BCUT2D eigenvalue weighted by atomic mass is 19.4. The Morgan fingerprint density at radius 3 is 2.74 bits per heavy atom. The van der Waals surface area contributed by atoms with Crippen molar-refractivity contribution >= 4 is 5.91 Å². The van der Waals surface area contributed by atoms with Crippen LogP contribution in [-0.2, 0) is 24.1 Å². The van der Waals surface area contributed by atoms with E-state index in [0.29, 0.717) is 24.3 Å². The Morgan fingerprint density at radius 1 is 1.26 bits per heavy atom. The van der Waals surface area contributed by atoms with Gasteiger partial charge in [-0.2, -0.15) is 13.2 Å². The first kappa shape index (κ1) is 20.7. The molecule has 0 aliphatic heterocycles. The van der Waals surface area contributed by atoms with Gasteiger partial charge in [0, 0.05) is 12.7 Å². The molecule has 27 heavy (non-hydrogen) atoms. The highest BCUT2D eigenvalue weighted by molar-refractivity contribution is 5.81. The molecule has 2 aromatic rings. The summed E-state index contributed by atoms with van der Waals surface area (Å²) in [5, 5.41) is 2.76. The highest BCUT2D eigenvalue weighted by Crippen LogP contribution is 2.28. The summed E-state index contributed by atoms with van der Waals surface area (Å²) >= 11 is 0. The molecule has 0 aliphatic rings. The van der Waals surface area contributed by atoms with Crippen LogP contribution in [-0.4, -0.2) is 16.9 Å². The van der Waals surface area contributed by atoms with Crippen molar-refractivity contribution in [2.24, 2.45) is 5.73 Å². The average molecular weight is 381 g/mol. The zero-order chi connectivity index (χ0) is 19.9. The van der Waals surface area contributed by atoms with E-state index in [1.807, 2.05) is 13.0 Å². The Balaban J connectivity index is 1.93. The quantitative estimate of drug-likeness (QED) is 0.735. The Labute approximate surface area is 155 Å². The minimum absolute atomic E-state index is 0.0250. The lowest BCUT2D eigenvalue weighted by molar-refractivity contribution is -0.141. The van der Waals surface area contributed by atoms with Crippen LogP contribution in [0.3, 0.4) is 0 Å². The van der Waals surface area contributed by atoms with E-state index in [1.165, 1.54) is 6.07 Å². The molecule has 0 fully saturated rings. The van der Waals surface area contributed by atoms with Gasteiger partial charge in [0.2, 0.25) is 5.91 Å². The molecule has 0 bridgehead atoms. The normalized spacial score (nSPS) is 12.5. The number of aromatic nitrogens is 1. The molecule has 0 radical (unpaired) electrons. The molecular formula is C19H22F3N3O2. The second-order valence-electron chi connectivity index (χ2n) is 6.10. The number of carbonyl (C=O) groups excluding carboxylic acids is 1. The summed E-state index contributed by atoms with van der Waals surface area (Å²) in [6.07, 6.45) is -1.95. The van der Waals surface area contributed by atoms with Crippen molar-refractivity contribution in [3.05, 3.63) is 59.4 Å². The number of amides is 1. The number of nitrogens with zero attached hydrogens (tertiary/aromatic N) is 1. The van der Waals surface area contributed by atoms with Crippen LogP contribution >= 0.6 is 0 Å². The molecule has 1 atom stereocenters. The van der Waals surface area contributed by atoms with Crippen LogP contribution in [0.5, 0.6) is 5.75 Å². The van der Waals surface area contributed by atoms with Crippen molar-refractivity contribution in [2.45, 2.75) is 45.1 Å². The van der Waals surface area contributed by atoms with Crippen molar-refractivity contribution < 1.29 is 22.7 Å². The lowest BCUT2D eigenvalue weighted by Gasteiger charge is -2.12. The fourth-order valence-electron chi connectivity index (χ4n) is 2.39. The Kier molecular flexibility index (Phi) is 7.18. The fraction of sp³-hybridized carbons (Fsp3) is 0.368. The van der Waals surface area contributed by atoms with Gasteiger partial charge in [-0.1, -0.05) is 25.5 Å². The van der Waals surface area contributed by atoms with Gasteiger partial charge in [0.25, 0.3) is 0 Å². The molecular weight excluding hydrogens is 359 g/mol. The summed E-state index contributed by atoms with van der Waals surface area (Å²) in [4.78, 5) is 15.2. The smallest absolute Gasteiger partial charge is 0.433 e. The molecule has 0 saturated carbocycles. The SMILES string of the molecule is CCCC(N)C(=O)NCc1cccc(OCc2ccnc(C(F)(F)F)c2)c1. The average Bonchev–Trinajstić information content (AvgIpc) is 2.64. The first-order chi connectivity index (χ1) is 12.8. The van der Waals surface area contributed by atoms with Gasteiger partial charge in [-0.3, -0.25) is 9.78 Å². The summed E-state index contributed by atoms with van der Waals surface area (Å²) in [6, 6.07) is 8.86. The predicted octanol–water partition coefficient (Wildman–Crippen LogP) is 3.42. The van der Waals surface area contributed by atoms with Crippen molar-refractivity contribution in [1.82, 2.24) is 10.3 Å². The number of hydrogen-bond donors (Lipinski definition) is 2. The number of rotatable bonds is 8. The van der Waals surface area contributed by atoms with Crippen LogP contribution in [0.2, 0.25) is 0 Å². The maximum atomic E-state index is 12.7. The Bertz CT molecular complexity index is 766. The molecule has 1 heterocycles. The van der Waals surface area contributed by atoms with Gasteiger partial charge in [0.1, 0.15) is 18.1 Å². The number of nitrogens with two attached hydrogens (primary N) is 1. The monoisotopic (exact) mass is 381 g/mol. The van der Waals surface area contributed by atoms with Crippen LogP contribution in [0.25, 0.3) is 0 Å². The van der Waals surface area contributed by atoms with Crippen molar-refractivity contribution in [2.75, 3.05) is 0 Å². The molecule has 0 aliphatic carbocycles. The zero-order valence-electron chi connectivity index (χ0n) is 14.9. The van der Waals surface area contributed by atoms with Crippen molar-refractivity contribution in [3.63, 3.8) is 0 Å². The van der Waals surface area contributed by atoms with Crippen molar-refractivity contribution in [1.29, 1.82) is 0 Å². The number of ether oxygens (including phenoxy) is 1. The van der Waals surface area contributed by atoms with Gasteiger partial charge in [0.15, 0.2) is 0 Å². The van der Waals surface area contributed by atoms with Gasteiger partial charge < -0.3 is 15.8 Å². The van der Waals surface area contributed by atoms with E-state index in [4.69, 9.17) is 10.5 Å². The summed E-state index contributed by atoms with van der Waals surface area (Å²) in [5.74, 6) is 0.268. The number of nitrogens with one attached hydrogen (secondary N) is 1. The Hall–Kier alpha value is -2.61. The topological polar surface area (TPSA) is 77.2 Å². The molecule has 0 spiro atoms. The summed E-state index contributed by atoms with van der Waals surface area (Å²) in [7, 11) is 0. The van der Waals surface area contributed by atoms with Crippen molar-refractivity contribution in [3.8, 4) is 5.75 Å². The van der Waals surface area contributed by atoms with Crippen LogP contribution in [0.1, 0.15) is 36.6 Å². The number of alkyl halides is 3. The number of pyridine rings is 1. The molecule has 8 heteroatoms. The van der Waals surface area contributed by atoms with E-state index in [1.54, 1.807) is 18.2 Å². The van der Waals surface area contributed by atoms with Gasteiger partial charge in [-0.05, 0) is 41.8 Å². The van der Waals surface area contributed by atoms with E-state index in [0.717, 1.165) is 24.2 Å². The maximum Gasteiger partial charge on any atom is 0.433 e. The molecule has 0 saturated heterocycles. The molecule has 1 amide bonds. The largest absolute Gasteiger partial charge is 0.489 e. The second-order valence-corrected chi connectivity index (χ2v) is 6.10. The van der Waals surface area contributed by atoms with Crippen LogP contribution < -0.4 is 15.8 Å². The molecule has 1 aromatic heterocycles. The first-order valence-corrected chi connectivity index (χ1v) is 8.56. The van der Waals surface area contributed by atoms with Gasteiger partial charge in [-0.15, -0.1) is 0 Å². The number of carbonyl (C=O) groups is 1. The Morgan fingerprint density at radius 2 is 2.04 bits per heavy atom. The van der Waals surface area contributed by atoms with E-state index >= 15 is 0 Å². The molecule has 5 nitrogen and oxygen atoms in total. The van der Waals surface area contributed by atoms with Crippen LogP contribution in [0.4, 0.5) is 13.2 Å². The van der Waals surface area contributed by atoms with Crippen LogP contribution in [0, 0.1) is 0 Å². The number of benzene rings is 1. The summed E-state index contributed by atoms with van der Waals surface area (Å²) in [6.45, 7) is 2.22. The minimum Gasteiger partial charge on any atom is -0.489 e. The molecule has 1 aromatic carbocycles. The molecule has 3 N–H and O–H groups in total. The van der Waals surface area contributed by atoms with Gasteiger partial charge in [0.05, 0.1) is 6.04 Å². The first-order valence-electron chi connectivity index (χ1n) is 8.56. The van der Waals surface area contributed by atoms with E-state index in [-0.39, 0.29) is 12.5 Å². The van der Waals surface area contributed by atoms with Gasteiger partial charge in [-0.25, -0.2) is 0 Å². The zero-order valence-corrected chi connectivity index (χ0v) is 14.9. The third kappa shape index (κ3) is 6.56. The second kappa shape index (κ2) is 9.36. The maximum absolute atomic E-state index is 12.7. The standard InChI is InChI=1S/C19H22F3N3O2/c1-2-4-16(23)18(26)25-11-13-5-3-6-15(9-13)27-12-14-7-8-24-17(10-14)19(20,21)22/h3,5-10,16H,2,4,11-12,23H2,1H3,(H,25,26).